The fourth-order valence-electron chi connectivity index (χ4n) is 6.90. The monoisotopic (exact) mass is 1010 g/mol. The molecule has 4 fully saturated rings. The van der Waals surface area contributed by atoms with Gasteiger partial charge in [0.25, 0.3) is 0 Å². The first-order valence-electron chi connectivity index (χ1n) is 19.9. The Kier molecular flexibility index (Phi) is 25.6. The van der Waals surface area contributed by atoms with Gasteiger partial charge < -0.3 is 44.8 Å². The number of aliphatic hydroxyl groups excluding tert-OH is 4. The van der Waals surface area contributed by atoms with Crippen molar-refractivity contribution in [2.24, 2.45) is 5.41 Å². The van der Waals surface area contributed by atoms with Gasteiger partial charge in [-0.15, -0.1) is 0 Å². The van der Waals surface area contributed by atoms with Gasteiger partial charge >= 0.3 is 5.97 Å². The Hall–Kier alpha value is 1.67. The molecule has 0 bridgehead atoms. The van der Waals surface area contributed by atoms with Crippen molar-refractivity contribution in [3.05, 3.63) is 0 Å². The predicted octanol–water partition coefficient (Wildman–Crippen LogP) is 8.96. The normalized spacial score (nSPS) is 22.1. The van der Waals surface area contributed by atoms with Gasteiger partial charge in [0, 0.05) is 52.4 Å². The molecule has 0 amide bonds. The smallest absolute Gasteiger partial charge is 0.332 e. The summed E-state index contributed by atoms with van der Waals surface area (Å²) in [6.45, 7) is 5.57. The maximum Gasteiger partial charge on any atom is 0.332 e. The predicted molar refractivity (Wildman–Crippen MR) is 269 cm³/mol. The van der Waals surface area contributed by atoms with E-state index in [4.69, 9.17) is 53.6 Å². The molecule has 0 saturated carbocycles. The standard InChI is InChI=1S/C35H58N4O6S12/c40-25-26(41)45-30(53-57-34(49)39-23-15-7-8-16-24-39)35(27(42)50-54-31(46)36-17-9-1-2-10-18-36,28(43)51-55-32(47)37-19-11-3-4-12-20-37)29(44)52-56-33(48)38-21-13-5-6-14-22-38/h27-30,40,42-44H,1-25H2. The molecule has 4 N–H and O–H groups in total. The largest absolute Gasteiger partial charge is 0.448 e. The molecule has 4 heterocycles. The molecular formula is C35H58N4O6S12. The van der Waals surface area contributed by atoms with Gasteiger partial charge in [0.15, 0.2) is 5.44 Å². The minimum absolute atomic E-state index is 0.581. The van der Waals surface area contributed by atoms with Crippen LogP contribution in [0.4, 0.5) is 0 Å². The summed E-state index contributed by atoms with van der Waals surface area (Å²) in [5, 5.41) is 47.8. The number of carbonyl (C=O) groups is 1. The van der Waals surface area contributed by atoms with E-state index < -0.39 is 39.7 Å². The molecule has 4 saturated heterocycles. The van der Waals surface area contributed by atoms with E-state index in [9.17, 15) is 25.2 Å². The van der Waals surface area contributed by atoms with E-state index >= 15 is 0 Å². The van der Waals surface area contributed by atoms with E-state index in [1.54, 1.807) is 0 Å². The first-order valence-corrected chi connectivity index (χ1v) is 30.4. The highest BCUT2D eigenvalue weighted by molar-refractivity contribution is 8.85. The van der Waals surface area contributed by atoms with Crippen LogP contribution in [0.15, 0.2) is 0 Å². The molecule has 22 heteroatoms. The van der Waals surface area contributed by atoms with Gasteiger partial charge in [-0.2, -0.15) is 0 Å². The number of rotatable bonds is 14. The molecule has 57 heavy (non-hydrogen) atoms. The third-order valence-corrected chi connectivity index (χ3v) is 23.3. The number of carbonyl (C=O) groups excluding carboxylic acids is 1. The first-order chi connectivity index (χ1) is 27.6. The highest BCUT2D eigenvalue weighted by Gasteiger charge is 2.60. The summed E-state index contributed by atoms with van der Waals surface area (Å²) < 4.78 is 8.38. The molecule has 0 aromatic carbocycles. The van der Waals surface area contributed by atoms with Gasteiger partial charge in [0.05, 0.1) is 0 Å². The minimum atomic E-state index is -1.99. The Balaban J connectivity index is 1.70. The van der Waals surface area contributed by atoms with Crippen LogP contribution in [-0.4, -0.2) is 144 Å². The van der Waals surface area contributed by atoms with Crippen molar-refractivity contribution in [3.63, 3.8) is 0 Å². The summed E-state index contributed by atoms with van der Waals surface area (Å²) in [4.78, 5) is 21.7. The average Bonchev–Trinajstić information content (AvgIpc) is 3.86. The Bertz CT molecular complexity index is 1160. The molecular weight excluding hydrogens is 957 g/mol. The lowest BCUT2D eigenvalue weighted by Gasteiger charge is -2.47. The fourth-order valence-corrected chi connectivity index (χ4v) is 19.2. The van der Waals surface area contributed by atoms with E-state index in [0.29, 0.717) is 17.3 Å². The number of hydrogen-bond donors (Lipinski definition) is 4. The average molecular weight is 1020 g/mol. The number of ether oxygens (including phenoxy) is 1. The summed E-state index contributed by atoms with van der Waals surface area (Å²) >= 11 is 23.6. The van der Waals surface area contributed by atoms with Crippen molar-refractivity contribution in [2.45, 2.75) is 124 Å². The summed E-state index contributed by atoms with van der Waals surface area (Å²) in [5.41, 5.74) is -8.02. The van der Waals surface area contributed by atoms with Crippen molar-refractivity contribution >= 4 is 158 Å². The zero-order valence-corrected chi connectivity index (χ0v) is 42.1. The maximum atomic E-state index is 13.1. The van der Waals surface area contributed by atoms with Crippen LogP contribution in [0.5, 0.6) is 0 Å². The Morgan fingerprint density at radius 2 is 0.719 bits per heavy atom. The molecule has 0 spiro atoms. The van der Waals surface area contributed by atoms with Gasteiger partial charge in [0.2, 0.25) is 0 Å². The fraction of sp³-hybridized carbons (Fsp3) is 0.857. The molecule has 10 nitrogen and oxygen atoms in total. The van der Waals surface area contributed by atoms with Gasteiger partial charge in [0.1, 0.15) is 45.6 Å². The van der Waals surface area contributed by atoms with Crippen molar-refractivity contribution < 1.29 is 30.0 Å². The molecule has 4 unspecified atom stereocenters. The molecule has 4 rings (SSSR count). The molecule has 0 radical (unpaired) electrons. The third-order valence-electron chi connectivity index (χ3n) is 10.4. The minimum Gasteiger partial charge on any atom is -0.448 e. The lowest BCUT2D eigenvalue weighted by atomic mass is 9.90. The summed E-state index contributed by atoms with van der Waals surface area (Å²) in [6.07, 6.45) is 17.2. The number of esters is 1. The summed E-state index contributed by atoms with van der Waals surface area (Å²) in [7, 11) is 8.99. The van der Waals surface area contributed by atoms with Gasteiger partial charge in [-0.1, -0.05) is 133 Å². The topological polar surface area (TPSA) is 120 Å². The van der Waals surface area contributed by atoms with Gasteiger partial charge in [-0.05, 0) is 105 Å². The summed E-state index contributed by atoms with van der Waals surface area (Å²) in [5.74, 6) is -0.960. The van der Waals surface area contributed by atoms with Gasteiger partial charge in [-0.3, -0.25) is 0 Å². The molecule has 0 aliphatic carbocycles. The molecule has 4 aliphatic heterocycles. The Morgan fingerprint density at radius 3 is 0.965 bits per heavy atom. The quantitative estimate of drug-likeness (QED) is 0.0573. The lowest BCUT2D eigenvalue weighted by Crippen LogP contribution is -2.57. The maximum absolute atomic E-state index is 13.1. The third kappa shape index (κ3) is 16.6. The van der Waals surface area contributed by atoms with Crippen molar-refractivity contribution in [1.82, 2.24) is 19.6 Å². The van der Waals surface area contributed by atoms with E-state index in [1.807, 2.05) is 0 Å². The van der Waals surface area contributed by atoms with Crippen LogP contribution in [0.25, 0.3) is 0 Å². The first kappa shape index (κ1) is 51.3. The molecule has 0 aromatic heterocycles. The van der Waals surface area contributed by atoms with Crippen molar-refractivity contribution in [2.75, 3.05) is 59.0 Å². The van der Waals surface area contributed by atoms with Crippen LogP contribution in [0.1, 0.15) is 103 Å². The highest BCUT2D eigenvalue weighted by atomic mass is 33.1. The van der Waals surface area contributed by atoms with E-state index in [1.165, 1.54) is 43.2 Å². The number of thiocarbonyl (C=S) groups is 4. The zero-order chi connectivity index (χ0) is 41.0. The second-order valence-corrected chi connectivity index (χ2v) is 26.1. The molecule has 4 aliphatic rings. The number of nitrogens with zero attached hydrogens (tertiary/aromatic N) is 4. The summed E-state index contributed by atoms with van der Waals surface area (Å²) in [6, 6.07) is 0. The lowest BCUT2D eigenvalue weighted by molar-refractivity contribution is -0.162. The number of likely N-dealkylation sites (tertiary alicyclic amines) is 4. The van der Waals surface area contributed by atoms with E-state index in [0.717, 1.165) is 198 Å². The second-order valence-electron chi connectivity index (χ2n) is 14.4. The Labute approximate surface area is 393 Å². The zero-order valence-electron chi connectivity index (χ0n) is 32.3. The van der Waals surface area contributed by atoms with Crippen LogP contribution in [0.3, 0.4) is 0 Å². The number of hydrogen-bond acceptors (Lipinski definition) is 18. The van der Waals surface area contributed by atoms with Crippen LogP contribution in [0, 0.1) is 5.41 Å². The van der Waals surface area contributed by atoms with Crippen LogP contribution in [-0.2, 0) is 9.53 Å². The van der Waals surface area contributed by atoms with Crippen LogP contribution in [0.2, 0.25) is 0 Å². The van der Waals surface area contributed by atoms with E-state index in [2.05, 4.69) is 19.6 Å². The second kappa shape index (κ2) is 28.5. The highest BCUT2D eigenvalue weighted by Crippen LogP contribution is 2.58. The van der Waals surface area contributed by atoms with Crippen molar-refractivity contribution in [1.29, 1.82) is 0 Å². The molecule has 4 atom stereocenters. The SMILES string of the molecule is O=C(CO)OC(SSC(=S)N1CCCCCC1)C(C(O)SSC(=S)N1CCCCCC1)(C(O)SSC(=S)N1CCCCCC1)C(O)SSC(=S)N1CCCCCC1. The van der Waals surface area contributed by atoms with E-state index in [-0.39, 0.29) is 0 Å². The molecule has 0 aromatic rings. The molecule has 326 valence electrons. The van der Waals surface area contributed by atoms with Gasteiger partial charge in [-0.25, -0.2) is 4.79 Å². The Morgan fingerprint density at radius 1 is 0.474 bits per heavy atom. The van der Waals surface area contributed by atoms with Crippen LogP contribution >= 0.6 is 135 Å². The van der Waals surface area contributed by atoms with Crippen LogP contribution < -0.4 is 0 Å². The van der Waals surface area contributed by atoms with Crippen molar-refractivity contribution in [3.8, 4) is 0 Å². The number of aliphatic hydroxyl groups is 4.